The van der Waals surface area contributed by atoms with Crippen molar-refractivity contribution in [3.8, 4) is 11.5 Å². The van der Waals surface area contributed by atoms with Crippen LogP contribution < -0.4 is 15.2 Å². The van der Waals surface area contributed by atoms with Gasteiger partial charge < -0.3 is 15.2 Å². The van der Waals surface area contributed by atoms with Crippen molar-refractivity contribution in [2.75, 3.05) is 7.11 Å². The molecule has 0 radical (unpaired) electrons. The molecule has 94 valence electrons. The summed E-state index contributed by atoms with van der Waals surface area (Å²) in [6.07, 6.45) is 1.71. The van der Waals surface area contributed by atoms with E-state index in [9.17, 15) is 0 Å². The number of nitrogens with two attached hydrogens (primary N) is 1. The fourth-order valence-electron chi connectivity index (χ4n) is 1.59. The Labute approximate surface area is 106 Å². The van der Waals surface area contributed by atoms with Gasteiger partial charge in [0.1, 0.15) is 18.1 Å². The fraction of sp³-hybridized carbons (Fsp3) is 0.214. The first-order valence-corrected chi connectivity index (χ1v) is 5.73. The number of methoxy groups -OCH3 is 1. The lowest BCUT2D eigenvalue weighted by Gasteiger charge is -2.09. The molecule has 0 fully saturated rings. The zero-order valence-electron chi connectivity index (χ0n) is 10.3. The molecule has 1 aromatic heterocycles. The molecule has 18 heavy (non-hydrogen) atoms. The Morgan fingerprint density at radius 3 is 2.61 bits per heavy atom. The van der Waals surface area contributed by atoms with E-state index < -0.39 is 0 Å². The largest absolute Gasteiger partial charge is 0.497 e. The first kappa shape index (κ1) is 12.4. The molecule has 0 saturated carbocycles. The second-order valence-corrected chi connectivity index (χ2v) is 3.79. The summed E-state index contributed by atoms with van der Waals surface area (Å²) in [5.74, 6) is 1.57. The number of nitrogens with zero attached hydrogens (tertiary/aromatic N) is 1. The normalized spacial score (nSPS) is 10.1. The second-order valence-electron chi connectivity index (χ2n) is 3.79. The maximum absolute atomic E-state index is 5.70. The van der Waals surface area contributed by atoms with E-state index in [4.69, 9.17) is 15.2 Å². The lowest BCUT2D eigenvalue weighted by atomic mass is 10.2. The standard InChI is InChI=1S/C14H16N2O2/c1-17-12-6-4-11(5-7-12)10-18-14-3-2-8-16-13(14)9-15/h2-8H,9-10,15H2,1H3. The number of ether oxygens (including phenoxy) is 2. The fourth-order valence-corrected chi connectivity index (χ4v) is 1.59. The number of aromatic nitrogens is 1. The summed E-state index contributed by atoms with van der Waals surface area (Å²) in [5.41, 5.74) is 7.44. The minimum atomic E-state index is 0.374. The van der Waals surface area contributed by atoms with Crippen molar-refractivity contribution in [3.05, 3.63) is 53.9 Å². The third-order valence-electron chi connectivity index (χ3n) is 2.60. The summed E-state index contributed by atoms with van der Waals surface area (Å²) in [4.78, 5) is 4.17. The minimum absolute atomic E-state index is 0.374. The monoisotopic (exact) mass is 244 g/mol. The highest BCUT2D eigenvalue weighted by Gasteiger charge is 2.02. The summed E-state index contributed by atoms with van der Waals surface area (Å²) in [6, 6.07) is 11.5. The Hall–Kier alpha value is -2.07. The van der Waals surface area contributed by atoms with E-state index >= 15 is 0 Å². The molecule has 0 atom stereocenters. The molecule has 4 nitrogen and oxygen atoms in total. The predicted molar refractivity (Wildman–Crippen MR) is 69.5 cm³/mol. The van der Waals surface area contributed by atoms with Crippen LogP contribution in [0, 0.1) is 0 Å². The molecule has 0 aliphatic heterocycles. The Balaban J connectivity index is 2.02. The molecular weight excluding hydrogens is 228 g/mol. The molecule has 0 aliphatic carbocycles. The zero-order chi connectivity index (χ0) is 12.8. The van der Waals surface area contributed by atoms with Gasteiger partial charge in [-0.15, -0.1) is 0 Å². The molecular formula is C14H16N2O2. The summed E-state index contributed by atoms with van der Waals surface area (Å²) in [7, 11) is 1.65. The van der Waals surface area contributed by atoms with Gasteiger partial charge in [-0.25, -0.2) is 0 Å². The molecule has 2 rings (SSSR count). The molecule has 2 N–H and O–H groups in total. The van der Waals surface area contributed by atoms with Crippen LogP contribution >= 0.6 is 0 Å². The summed E-state index contributed by atoms with van der Waals surface area (Å²) >= 11 is 0. The van der Waals surface area contributed by atoms with Gasteiger partial charge in [-0.1, -0.05) is 12.1 Å². The summed E-state index contributed by atoms with van der Waals surface area (Å²) in [5, 5.41) is 0. The van der Waals surface area contributed by atoms with Crippen molar-refractivity contribution < 1.29 is 9.47 Å². The van der Waals surface area contributed by atoms with E-state index in [2.05, 4.69) is 4.98 Å². The maximum atomic E-state index is 5.70. The lowest BCUT2D eigenvalue weighted by Crippen LogP contribution is -2.04. The maximum Gasteiger partial charge on any atom is 0.142 e. The Morgan fingerprint density at radius 2 is 1.94 bits per heavy atom. The topological polar surface area (TPSA) is 57.4 Å². The van der Waals surface area contributed by atoms with Crippen molar-refractivity contribution in [1.82, 2.24) is 4.98 Å². The summed E-state index contributed by atoms with van der Waals surface area (Å²) in [6.45, 7) is 0.863. The quantitative estimate of drug-likeness (QED) is 0.875. The molecule has 0 amide bonds. The van der Waals surface area contributed by atoms with Crippen LogP contribution in [0.5, 0.6) is 11.5 Å². The van der Waals surface area contributed by atoms with Gasteiger partial charge in [0.05, 0.1) is 12.8 Å². The zero-order valence-corrected chi connectivity index (χ0v) is 10.3. The highest BCUT2D eigenvalue weighted by molar-refractivity contribution is 5.29. The van der Waals surface area contributed by atoms with Crippen molar-refractivity contribution in [1.29, 1.82) is 0 Å². The first-order chi connectivity index (χ1) is 8.83. The lowest BCUT2D eigenvalue weighted by molar-refractivity contribution is 0.301. The Morgan fingerprint density at radius 1 is 1.17 bits per heavy atom. The van der Waals surface area contributed by atoms with Gasteiger partial charge >= 0.3 is 0 Å². The number of rotatable bonds is 5. The van der Waals surface area contributed by atoms with Crippen molar-refractivity contribution >= 4 is 0 Å². The van der Waals surface area contributed by atoms with Gasteiger partial charge in [-0.2, -0.15) is 0 Å². The van der Waals surface area contributed by atoms with E-state index in [0.717, 1.165) is 22.8 Å². The van der Waals surface area contributed by atoms with Gasteiger partial charge in [0.2, 0.25) is 0 Å². The molecule has 0 unspecified atom stereocenters. The third-order valence-corrected chi connectivity index (χ3v) is 2.60. The number of pyridine rings is 1. The Bertz CT molecular complexity index is 497. The van der Waals surface area contributed by atoms with Gasteiger partial charge in [-0.05, 0) is 29.8 Å². The smallest absolute Gasteiger partial charge is 0.142 e. The van der Waals surface area contributed by atoms with Gasteiger partial charge in [0.25, 0.3) is 0 Å². The minimum Gasteiger partial charge on any atom is -0.497 e. The highest BCUT2D eigenvalue weighted by Crippen LogP contribution is 2.17. The summed E-state index contributed by atoms with van der Waals surface area (Å²) < 4.78 is 10.8. The van der Waals surface area contributed by atoms with E-state index in [1.165, 1.54) is 0 Å². The van der Waals surface area contributed by atoms with E-state index in [0.29, 0.717) is 13.2 Å². The van der Waals surface area contributed by atoms with Crippen LogP contribution in [0.25, 0.3) is 0 Å². The van der Waals surface area contributed by atoms with Crippen LogP contribution in [0.2, 0.25) is 0 Å². The van der Waals surface area contributed by atoms with E-state index in [1.54, 1.807) is 13.3 Å². The SMILES string of the molecule is COc1ccc(COc2cccnc2CN)cc1. The number of hydrogen-bond acceptors (Lipinski definition) is 4. The molecule has 0 saturated heterocycles. The van der Waals surface area contributed by atoms with E-state index in [1.807, 2.05) is 36.4 Å². The molecule has 1 aromatic carbocycles. The van der Waals surface area contributed by atoms with Crippen LogP contribution in [0.3, 0.4) is 0 Å². The average Bonchev–Trinajstić information content (AvgIpc) is 2.46. The number of hydrogen-bond donors (Lipinski definition) is 1. The van der Waals surface area contributed by atoms with Crippen LogP contribution in [-0.2, 0) is 13.2 Å². The van der Waals surface area contributed by atoms with Gasteiger partial charge in [0.15, 0.2) is 0 Å². The van der Waals surface area contributed by atoms with Crippen molar-refractivity contribution in [2.24, 2.45) is 5.73 Å². The first-order valence-electron chi connectivity index (χ1n) is 5.73. The molecule has 0 bridgehead atoms. The van der Waals surface area contributed by atoms with Gasteiger partial charge in [-0.3, -0.25) is 4.98 Å². The molecule has 1 heterocycles. The third kappa shape index (κ3) is 2.99. The average molecular weight is 244 g/mol. The predicted octanol–water partition coefficient (Wildman–Crippen LogP) is 2.13. The highest BCUT2D eigenvalue weighted by atomic mass is 16.5. The molecule has 0 spiro atoms. The Kier molecular flexibility index (Phi) is 4.15. The van der Waals surface area contributed by atoms with E-state index in [-0.39, 0.29) is 0 Å². The van der Waals surface area contributed by atoms with Crippen molar-refractivity contribution in [2.45, 2.75) is 13.2 Å². The van der Waals surface area contributed by atoms with Gasteiger partial charge in [0, 0.05) is 12.7 Å². The van der Waals surface area contributed by atoms with Crippen LogP contribution in [0.1, 0.15) is 11.3 Å². The van der Waals surface area contributed by atoms with Crippen molar-refractivity contribution in [3.63, 3.8) is 0 Å². The molecule has 0 aliphatic rings. The van der Waals surface area contributed by atoms with Crippen LogP contribution in [-0.4, -0.2) is 12.1 Å². The molecule has 2 aromatic rings. The number of benzene rings is 1. The molecule has 4 heteroatoms. The van der Waals surface area contributed by atoms with Crippen LogP contribution in [0.15, 0.2) is 42.6 Å². The van der Waals surface area contributed by atoms with Crippen LogP contribution in [0.4, 0.5) is 0 Å². The second kappa shape index (κ2) is 6.02.